The molecule has 0 spiro atoms. The number of allylic oxidation sites excluding steroid dienone is 1. The van der Waals surface area contributed by atoms with Gasteiger partial charge < -0.3 is 9.73 Å². The number of carbonyl (C=O) groups excluding carboxylic acids is 2. The van der Waals surface area contributed by atoms with Gasteiger partial charge in [0.2, 0.25) is 5.91 Å². The number of nitrogens with zero attached hydrogens (tertiary/aromatic N) is 2. The number of anilines is 2. The number of hydrogen-bond acceptors (Lipinski definition) is 6. The van der Waals surface area contributed by atoms with Crippen molar-refractivity contribution in [3.05, 3.63) is 87.8 Å². The zero-order chi connectivity index (χ0) is 26.5. The zero-order valence-corrected chi connectivity index (χ0v) is 21.3. The molecule has 0 saturated carbocycles. The third kappa shape index (κ3) is 4.43. The van der Waals surface area contributed by atoms with Crippen LogP contribution >= 0.6 is 0 Å². The van der Waals surface area contributed by atoms with Crippen LogP contribution in [0.25, 0.3) is 11.3 Å². The van der Waals surface area contributed by atoms with Crippen LogP contribution in [0.15, 0.2) is 76.4 Å². The van der Waals surface area contributed by atoms with Crippen LogP contribution in [-0.4, -0.2) is 16.6 Å². The second-order valence-corrected chi connectivity index (χ2v) is 10.8. The molecule has 0 unspecified atom stereocenters. The molecule has 1 N–H and O–H groups in total. The molecule has 0 radical (unpaired) electrons. The van der Waals surface area contributed by atoms with Gasteiger partial charge >= 0.3 is 0 Å². The largest absolute Gasteiger partial charge is 0.458 e. The molecule has 1 aliphatic carbocycles. The number of amides is 1. The van der Waals surface area contributed by atoms with Crippen molar-refractivity contribution in [2.45, 2.75) is 46.6 Å². The van der Waals surface area contributed by atoms with Gasteiger partial charge in [0.25, 0.3) is 5.69 Å². The standard InChI is InChI=1S/C29H29N3O5/c1-17(2)28(34)31-22-11-6-5-10-20(22)30-21-15-29(3,4)16-23(33)26(21)27(31)25-13-12-24(37-25)18-8-7-9-19(14-18)32(35)36/h5-14,17,27,30H,15-16H2,1-4H3/t27-/m1/s1. The van der Waals surface area contributed by atoms with E-state index in [1.807, 2.05) is 38.1 Å². The van der Waals surface area contributed by atoms with Crippen molar-refractivity contribution in [2.75, 3.05) is 10.2 Å². The highest BCUT2D eigenvalue weighted by molar-refractivity contribution is 6.06. The summed E-state index contributed by atoms with van der Waals surface area (Å²) in [5, 5.41) is 14.8. The van der Waals surface area contributed by atoms with Gasteiger partial charge in [0.05, 0.1) is 16.3 Å². The maximum Gasteiger partial charge on any atom is 0.270 e. The highest BCUT2D eigenvalue weighted by atomic mass is 16.6. The summed E-state index contributed by atoms with van der Waals surface area (Å²) in [4.78, 5) is 40.0. The summed E-state index contributed by atoms with van der Waals surface area (Å²) in [6, 6.07) is 16.4. The molecule has 8 heteroatoms. The molecule has 1 amide bonds. The Hall–Kier alpha value is -4.20. The van der Waals surface area contributed by atoms with Crippen molar-refractivity contribution in [1.29, 1.82) is 0 Å². The molecule has 5 rings (SSSR count). The van der Waals surface area contributed by atoms with E-state index in [-0.39, 0.29) is 28.7 Å². The fourth-order valence-electron chi connectivity index (χ4n) is 5.20. The van der Waals surface area contributed by atoms with Crippen LogP contribution < -0.4 is 10.2 Å². The molecule has 190 valence electrons. The topological polar surface area (TPSA) is 106 Å². The van der Waals surface area contributed by atoms with Gasteiger partial charge in [-0.3, -0.25) is 24.6 Å². The first-order valence-corrected chi connectivity index (χ1v) is 12.4. The number of nitro groups is 1. The second-order valence-electron chi connectivity index (χ2n) is 10.8. The predicted molar refractivity (Wildman–Crippen MR) is 141 cm³/mol. The van der Waals surface area contributed by atoms with Crippen molar-refractivity contribution in [1.82, 2.24) is 0 Å². The molecule has 0 fully saturated rings. The van der Waals surface area contributed by atoms with E-state index >= 15 is 0 Å². The number of Topliss-reactive ketones (excluding diaryl/α,β-unsaturated/α-hetero) is 1. The third-order valence-corrected chi connectivity index (χ3v) is 6.87. The first-order valence-electron chi connectivity index (χ1n) is 12.4. The fourth-order valence-corrected chi connectivity index (χ4v) is 5.20. The number of furan rings is 1. The molecule has 1 aromatic heterocycles. The zero-order valence-electron chi connectivity index (χ0n) is 21.3. The molecule has 8 nitrogen and oxygen atoms in total. The molecule has 1 atom stereocenters. The van der Waals surface area contributed by atoms with E-state index in [0.717, 1.165) is 11.4 Å². The number of nitro benzene ring substituents is 1. The van der Waals surface area contributed by atoms with E-state index in [2.05, 4.69) is 19.2 Å². The summed E-state index contributed by atoms with van der Waals surface area (Å²) in [6.07, 6.45) is 0.990. The summed E-state index contributed by atoms with van der Waals surface area (Å²) in [5.74, 6) is 0.339. The Labute approximate surface area is 215 Å². The van der Waals surface area contributed by atoms with Gasteiger partial charge in [-0.15, -0.1) is 0 Å². The average molecular weight is 500 g/mol. The number of fused-ring (bicyclic) bond motifs is 1. The number of benzene rings is 2. The second kappa shape index (κ2) is 9.03. The maximum absolute atomic E-state index is 13.7. The highest BCUT2D eigenvalue weighted by Gasteiger charge is 2.44. The van der Waals surface area contributed by atoms with Crippen molar-refractivity contribution in [3.8, 4) is 11.3 Å². The normalized spacial score (nSPS) is 18.7. The first kappa shape index (κ1) is 24.5. The summed E-state index contributed by atoms with van der Waals surface area (Å²) in [7, 11) is 0. The summed E-state index contributed by atoms with van der Waals surface area (Å²) in [5.41, 5.74) is 2.98. The number of ketones is 1. The van der Waals surface area contributed by atoms with Crippen LogP contribution in [-0.2, 0) is 9.59 Å². The van der Waals surface area contributed by atoms with Gasteiger partial charge in [0, 0.05) is 41.3 Å². The Morgan fingerprint density at radius 2 is 1.86 bits per heavy atom. The molecule has 2 heterocycles. The van der Waals surface area contributed by atoms with Crippen LogP contribution in [0.3, 0.4) is 0 Å². The van der Waals surface area contributed by atoms with E-state index in [1.165, 1.54) is 12.1 Å². The number of para-hydroxylation sites is 2. The molecule has 2 aromatic carbocycles. The van der Waals surface area contributed by atoms with Gasteiger partial charge in [-0.1, -0.05) is 52.0 Å². The van der Waals surface area contributed by atoms with Gasteiger partial charge in [0.1, 0.15) is 17.6 Å². The summed E-state index contributed by atoms with van der Waals surface area (Å²) < 4.78 is 6.29. The molecule has 2 aliphatic rings. The smallest absolute Gasteiger partial charge is 0.270 e. The lowest BCUT2D eigenvalue weighted by molar-refractivity contribution is -0.384. The van der Waals surface area contributed by atoms with Crippen molar-refractivity contribution in [2.24, 2.45) is 11.3 Å². The Kier molecular flexibility index (Phi) is 5.98. The lowest BCUT2D eigenvalue weighted by Crippen LogP contribution is -2.41. The fraction of sp³-hybridized carbons (Fsp3) is 0.310. The number of hydrogen-bond donors (Lipinski definition) is 1. The van der Waals surface area contributed by atoms with E-state index in [1.54, 1.807) is 29.2 Å². The lowest BCUT2D eigenvalue weighted by Gasteiger charge is -2.36. The number of non-ortho nitro benzene ring substituents is 1. The van der Waals surface area contributed by atoms with E-state index in [0.29, 0.717) is 41.2 Å². The number of rotatable bonds is 4. The molecule has 3 aromatic rings. The predicted octanol–water partition coefficient (Wildman–Crippen LogP) is 6.65. The number of carbonyl (C=O) groups is 2. The Bertz CT molecular complexity index is 1450. The third-order valence-electron chi connectivity index (χ3n) is 6.87. The maximum atomic E-state index is 13.7. The minimum Gasteiger partial charge on any atom is -0.458 e. The molecule has 0 bridgehead atoms. The molecular weight excluding hydrogens is 470 g/mol. The van der Waals surface area contributed by atoms with Crippen molar-refractivity contribution < 1.29 is 18.9 Å². The Morgan fingerprint density at radius 3 is 2.59 bits per heavy atom. The summed E-state index contributed by atoms with van der Waals surface area (Å²) in [6.45, 7) is 7.79. The minimum absolute atomic E-state index is 0.0357. The van der Waals surface area contributed by atoms with E-state index < -0.39 is 11.0 Å². The first-order chi connectivity index (χ1) is 17.6. The van der Waals surface area contributed by atoms with Gasteiger partial charge in [-0.2, -0.15) is 0 Å². The molecular formula is C29H29N3O5. The van der Waals surface area contributed by atoms with Gasteiger partial charge in [-0.05, 0) is 36.1 Å². The Morgan fingerprint density at radius 1 is 1.11 bits per heavy atom. The summed E-state index contributed by atoms with van der Waals surface area (Å²) >= 11 is 0. The van der Waals surface area contributed by atoms with Crippen molar-refractivity contribution in [3.63, 3.8) is 0 Å². The number of nitrogens with one attached hydrogen (secondary N) is 1. The van der Waals surface area contributed by atoms with Crippen LogP contribution in [0.5, 0.6) is 0 Å². The van der Waals surface area contributed by atoms with Crippen LogP contribution in [0.2, 0.25) is 0 Å². The van der Waals surface area contributed by atoms with Crippen LogP contribution in [0, 0.1) is 21.4 Å². The quantitative estimate of drug-likeness (QED) is 0.318. The van der Waals surface area contributed by atoms with Gasteiger partial charge in [0.15, 0.2) is 5.78 Å². The van der Waals surface area contributed by atoms with Crippen molar-refractivity contribution >= 4 is 28.8 Å². The monoisotopic (exact) mass is 499 g/mol. The SMILES string of the molecule is CC(C)C(=O)N1c2ccccc2NC2=C(C(=O)CC(C)(C)C2)[C@H]1c1ccc(-c2cccc([N+](=O)[O-])c2)o1. The molecule has 37 heavy (non-hydrogen) atoms. The highest BCUT2D eigenvalue weighted by Crippen LogP contribution is 2.49. The van der Waals surface area contributed by atoms with E-state index in [4.69, 9.17) is 4.42 Å². The van der Waals surface area contributed by atoms with Crippen LogP contribution in [0.4, 0.5) is 17.1 Å². The van der Waals surface area contributed by atoms with Gasteiger partial charge in [-0.25, -0.2) is 0 Å². The average Bonchev–Trinajstić information content (AvgIpc) is 3.27. The molecule has 0 saturated heterocycles. The molecule has 1 aliphatic heterocycles. The van der Waals surface area contributed by atoms with E-state index in [9.17, 15) is 19.7 Å². The minimum atomic E-state index is -0.780. The lowest BCUT2D eigenvalue weighted by atomic mass is 9.74. The Balaban J connectivity index is 1.72. The van der Waals surface area contributed by atoms with Crippen LogP contribution in [0.1, 0.15) is 52.3 Å².